The van der Waals surface area contributed by atoms with Gasteiger partial charge < -0.3 is 5.11 Å². The average molecular weight is 375 g/mol. The van der Waals surface area contributed by atoms with Crippen LogP contribution in [0, 0.1) is 0 Å². The number of hydrogen-bond acceptors (Lipinski definition) is 3. The van der Waals surface area contributed by atoms with Crippen molar-refractivity contribution in [3.05, 3.63) is 48.5 Å². The summed E-state index contributed by atoms with van der Waals surface area (Å²) in [5, 5.41) is 8.55. The second-order valence-corrected chi connectivity index (χ2v) is 8.64. The Bertz CT molecular complexity index is 651. The van der Waals surface area contributed by atoms with Crippen LogP contribution in [-0.2, 0) is 4.79 Å². The number of unbranched alkanes of at least 4 members (excludes halogenated alkanes) is 3. The van der Waals surface area contributed by atoms with E-state index >= 15 is 0 Å². The summed E-state index contributed by atoms with van der Waals surface area (Å²) in [6.07, 6.45) is 5.23. The highest BCUT2D eigenvalue weighted by Crippen LogP contribution is 2.28. The molecule has 2 rings (SSSR count). The van der Waals surface area contributed by atoms with E-state index in [1.54, 1.807) is 6.92 Å². The Hall–Kier alpha value is -1.39. The number of carboxylic acid groups (broad SMARTS) is 1. The molecule has 0 saturated heterocycles. The van der Waals surface area contributed by atoms with E-state index in [-0.39, 0.29) is 0 Å². The third kappa shape index (κ3) is 6.79. The van der Waals surface area contributed by atoms with E-state index in [0.29, 0.717) is 0 Å². The summed E-state index contributed by atoms with van der Waals surface area (Å²) in [7, 11) is 0. The molecule has 0 unspecified atom stereocenters. The Morgan fingerprint density at radius 3 is 2.00 bits per heavy atom. The molecule has 0 aromatic heterocycles. The van der Waals surface area contributed by atoms with Gasteiger partial charge in [-0.25, -0.2) is 0 Å². The number of aliphatic carboxylic acids is 1. The Morgan fingerprint density at radius 2 is 1.48 bits per heavy atom. The molecule has 2 aromatic rings. The lowest BCUT2D eigenvalue weighted by Gasteiger charge is -2.08. The minimum absolute atomic E-state index is 0.431. The zero-order chi connectivity index (χ0) is 18.1. The molecule has 25 heavy (non-hydrogen) atoms. The van der Waals surface area contributed by atoms with Crippen molar-refractivity contribution in [3.63, 3.8) is 0 Å². The lowest BCUT2D eigenvalue weighted by molar-refractivity contribution is -0.136. The van der Waals surface area contributed by atoms with Gasteiger partial charge in [0.1, 0.15) is 5.25 Å². The predicted octanol–water partition coefficient (Wildman–Crippen LogP) is 6.59. The largest absolute Gasteiger partial charge is 0.480 e. The van der Waals surface area contributed by atoms with Crippen molar-refractivity contribution in [2.75, 3.05) is 5.75 Å². The molecule has 0 aliphatic carbocycles. The highest BCUT2D eigenvalue weighted by atomic mass is 32.2. The number of thioether (sulfide) groups is 2. The maximum absolute atomic E-state index is 10.9. The topological polar surface area (TPSA) is 37.3 Å². The summed E-state index contributed by atoms with van der Waals surface area (Å²) >= 11 is 3.30. The Labute approximate surface area is 159 Å². The fourth-order valence-corrected chi connectivity index (χ4v) is 4.16. The van der Waals surface area contributed by atoms with Crippen molar-refractivity contribution in [2.24, 2.45) is 0 Å². The summed E-state index contributed by atoms with van der Waals surface area (Å²) in [6.45, 7) is 3.95. The first kappa shape index (κ1) is 19.9. The van der Waals surface area contributed by atoms with E-state index in [1.165, 1.54) is 53.7 Å². The van der Waals surface area contributed by atoms with Crippen LogP contribution in [0.25, 0.3) is 11.1 Å². The van der Waals surface area contributed by atoms with Crippen molar-refractivity contribution in [1.29, 1.82) is 0 Å². The maximum atomic E-state index is 10.9. The van der Waals surface area contributed by atoms with Crippen LogP contribution in [0.3, 0.4) is 0 Å². The number of benzene rings is 2. The van der Waals surface area contributed by atoms with E-state index in [2.05, 4.69) is 43.3 Å². The monoisotopic (exact) mass is 374 g/mol. The SMILES string of the molecule is CCCCCCSc1ccc(-c2ccc(S[C@H](C)C(=O)O)cc2)cc1. The molecule has 2 nitrogen and oxygen atoms in total. The first-order valence-electron chi connectivity index (χ1n) is 8.83. The summed E-state index contributed by atoms with van der Waals surface area (Å²) in [5.41, 5.74) is 2.35. The van der Waals surface area contributed by atoms with Gasteiger partial charge in [-0.05, 0) is 54.5 Å². The van der Waals surface area contributed by atoms with E-state index in [4.69, 9.17) is 5.11 Å². The van der Waals surface area contributed by atoms with Crippen LogP contribution in [0.1, 0.15) is 39.5 Å². The predicted molar refractivity (Wildman–Crippen MR) is 110 cm³/mol. The number of rotatable bonds is 10. The Kier molecular flexibility index (Phi) is 8.42. The minimum atomic E-state index is -0.781. The Morgan fingerprint density at radius 1 is 0.920 bits per heavy atom. The first-order chi connectivity index (χ1) is 12.1. The molecule has 0 spiro atoms. The molecule has 0 radical (unpaired) electrons. The van der Waals surface area contributed by atoms with Crippen LogP contribution in [0.2, 0.25) is 0 Å². The van der Waals surface area contributed by atoms with Gasteiger partial charge in [-0.15, -0.1) is 23.5 Å². The number of hydrogen-bond donors (Lipinski definition) is 1. The summed E-state index contributed by atoms with van der Waals surface area (Å²) in [6, 6.07) is 16.8. The van der Waals surface area contributed by atoms with Gasteiger partial charge in [-0.2, -0.15) is 0 Å². The zero-order valence-corrected chi connectivity index (χ0v) is 16.5. The third-order valence-corrected chi connectivity index (χ3v) is 6.17. The van der Waals surface area contributed by atoms with Gasteiger partial charge in [0, 0.05) is 9.79 Å². The van der Waals surface area contributed by atoms with Crippen molar-refractivity contribution >= 4 is 29.5 Å². The molecule has 4 heteroatoms. The van der Waals surface area contributed by atoms with Crippen molar-refractivity contribution in [2.45, 2.75) is 54.6 Å². The lowest BCUT2D eigenvalue weighted by Crippen LogP contribution is -2.10. The molecule has 0 saturated carbocycles. The molecule has 1 atom stereocenters. The molecule has 0 bridgehead atoms. The van der Waals surface area contributed by atoms with Gasteiger partial charge in [0.05, 0.1) is 0 Å². The van der Waals surface area contributed by atoms with Crippen LogP contribution in [-0.4, -0.2) is 22.1 Å². The van der Waals surface area contributed by atoms with Gasteiger partial charge in [0.2, 0.25) is 0 Å². The highest BCUT2D eigenvalue weighted by Gasteiger charge is 2.12. The van der Waals surface area contributed by atoms with Crippen LogP contribution in [0.5, 0.6) is 0 Å². The standard InChI is InChI=1S/C21H26O2S2/c1-3-4-5-6-15-24-19-11-7-17(8-12-19)18-9-13-20(14-10-18)25-16(2)21(22)23/h7-14,16H,3-6,15H2,1-2H3,(H,22,23)/t16-/m1/s1. The molecule has 0 aliphatic rings. The normalized spacial score (nSPS) is 12.1. The summed E-state index contributed by atoms with van der Waals surface area (Å²) in [4.78, 5) is 13.2. The second kappa shape index (κ2) is 10.6. The molecule has 0 heterocycles. The fraction of sp³-hybridized carbons (Fsp3) is 0.381. The van der Waals surface area contributed by atoms with Gasteiger partial charge in [-0.1, -0.05) is 50.5 Å². The van der Waals surface area contributed by atoms with E-state index in [0.717, 1.165) is 10.5 Å². The van der Waals surface area contributed by atoms with Crippen LogP contribution < -0.4 is 0 Å². The van der Waals surface area contributed by atoms with Crippen LogP contribution in [0.4, 0.5) is 0 Å². The Balaban J connectivity index is 1.90. The second-order valence-electron chi connectivity index (χ2n) is 6.06. The van der Waals surface area contributed by atoms with Crippen molar-refractivity contribution < 1.29 is 9.90 Å². The zero-order valence-electron chi connectivity index (χ0n) is 14.9. The molecule has 2 aromatic carbocycles. The smallest absolute Gasteiger partial charge is 0.316 e. The molecular weight excluding hydrogens is 348 g/mol. The maximum Gasteiger partial charge on any atom is 0.316 e. The molecule has 0 fully saturated rings. The summed E-state index contributed by atoms with van der Waals surface area (Å²) in [5.74, 6) is 0.407. The van der Waals surface area contributed by atoms with E-state index in [1.807, 2.05) is 23.9 Å². The molecule has 0 amide bonds. The fourth-order valence-electron chi connectivity index (χ4n) is 2.44. The molecular formula is C21H26O2S2. The lowest BCUT2D eigenvalue weighted by atomic mass is 10.1. The highest BCUT2D eigenvalue weighted by molar-refractivity contribution is 8.00. The van der Waals surface area contributed by atoms with Gasteiger partial charge in [0.15, 0.2) is 0 Å². The quantitative estimate of drug-likeness (QED) is 0.376. The third-order valence-electron chi connectivity index (χ3n) is 3.97. The van der Waals surface area contributed by atoms with Gasteiger partial charge in [0.25, 0.3) is 0 Å². The van der Waals surface area contributed by atoms with Crippen molar-refractivity contribution in [1.82, 2.24) is 0 Å². The van der Waals surface area contributed by atoms with Gasteiger partial charge in [-0.3, -0.25) is 4.79 Å². The molecule has 1 N–H and O–H groups in total. The first-order valence-corrected chi connectivity index (χ1v) is 10.7. The van der Waals surface area contributed by atoms with Crippen LogP contribution in [0.15, 0.2) is 58.3 Å². The molecule has 134 valence electrons. The number of carbonyl (C=O) groups is 1. The van der Waals surface area contributed by atoms with Gasteiger partial charge >= 0.3 is 5.97 Å². The minimum Gasteiger partial charge on any atom is -0.480 e. The van der Waals surface area contributed by atoms with E-state index < -0.39 is 11.2 Å². The van der Waals surface area contributed by atoms with Crippen molar-refractivity contribution in [3.8, 4) is 11.1 Å². The average Bonchev–Trinajstić information content (AvgIpc) is 2.63. The van der Waals surface area contributed by atoms with Crippen LogP contribution >= 0.6 is 23.5 Å². The molecule has 0 aliphatic heterocycles. The number of carboxylic acids is 1. The summed E-state index contributed by atoms with van der Waals surface area (Å²) < 4.78 is 0. The van der Waals surface area contributed by atoms with E-state index in [9.17, 15) is 4.79 Å².